The van der Waals surface area contributed by atoms with Gasteiger partial charge in [0.2, 0.25) is 0 Å². The summed E-state index contributed by atoms with van der Waals surface area (Å²) < 4.78 is 0. The Hall–Kier alpha value is -1.34. The maximum Gasteiger partial charge on any atom is 0.326 e. The van der Waals surface area contributed by atoms with Gasteiger partial charge in [-0.3, -0.25) is 0 Å². The molecule has 0 bridgehead atoms. The Labute approximate surface area is 99.0 Å². The Bertz CT molecular complexity index is 317. The van der Waals surface area contributed by atoms with Gasteiger partial charge in [-0.25, -0.2) is 9.59 Å². The lowest BCUT2D eigenvalue weighted by molar-refractivity contribution is -0.141. The Morgan fingerprint density at radius 2 is 1.88 bits per heavy atom. The maximum atomic E-state index is 12.1. The van der Waals surface area contributed by atoms with Crippen LogP contribution in [0.15, 0.2) is 0 Å². The molecule has 2 heterocycles. The zero-order valence-electron chi connectivity index (χ0n) is 9.50. The molecule has 2 aliphatic heterocycles. The van der Waals surface area contributed by atoms with Crippen LogP contribution in [0, 0.1) is 0 Å². The van der Waals surface area contributed by atoms with E-state index < -0.39 is 18.1 Å². The predicted octanol–water partition coefficient (Wildman–Crippen LogP) is -1.47. The van der Waals surface area contributed by atoms with Gasteiger partial charge in [0.25, 0.3) is 0 Å². The van der Waals surface area contributed by atoms with Crippen molar-refractivity contribution in [1.82, 2.24) is 15.1 Å². The molecule has 96 valence electrons. The van der Waals surface area contributed by atoms with Crippen molar-refractivity contribution in [2.75, 3.05) is 32.7 Å². The number of amides is 2. The molecule has 0 aliphatic carbocycles. The Balaban J connectivity index is 2.04. The van der Waals surface area contributed by atoms with Crippen molar-refractivity contribution in [2.24, 2.45) is 0 Å². The van der Waals surface area contributed by atoms with E-state index in [-0.39, 0.29) is 19.0 Å². The van der Waals surface area contributed by atoms with Crippen LogP contribution in [0.4, 0.5) is 4.79 Å². The summed E-state index contributed by atoms with van der Waals surface area (Å²) in [7, 11) is 0. The first-order chi connectivity index (χ1) is 8.09. The number of β-amino-alcohol motifs (C(OH)–C–C–N with tert-alkyl or cyclic N) is 1. The highest BCUT2D eigenvalue weighted by Gasteiger charge is 2.40. The molecule has 0 aromatic rings. The SMILES string of the molecule is O=C(O)C1CC(O)CN1C(=O)N1CCNCC1. The lowest BCUT2D eigenvalue weighted by Crippen LogP contribution is -2.53. The van der Waals surface area contributed by atoms with Crippen molar-refractivity contribution in [3.8, 4) is 0 Å². The number of aliphatic hydroxyl groups is 1. The molecule has 0 radical (unpaired) electrons. The molecule has 3 N–H and O–H groups in total. The van der Waals surface area contributed by atoms with Crippen molar-refractivity contribution in [1.29, 1.82) is 0 Å². The van der Waals surface area contributed by atoms with E-state index in [1.165, 1.54) is 4.90 Å². The number of carbonyl (C=O) groups is 2. The van der Waals surface area contributed by atoms with Crippen LogP contribution in [0.5, 0.6) is 0 Å². The van der Waals surface area contributed by atoms with Gasteiger partial charge in [0.15, 0.2) is 0 Å². The molecular weight excluding hydrogens is 226 g/mol. The monoisotopic (exact) mass is 243 g/mol. The smallest absolute Gasteiger partial charge is 0.326 e. The molecule has 7 heteroatoms. The van der Waals surface area contributed by atoms with Gasteiger partial charge in [-0.2, -0.15) is 0 Å². The second-order valence-electron chi connectivity index (χ2n) is 4.42. The fourth-order valence-corrected chi connectivity index (χ4v) is 2.30. The first-order valence-electron chi connectivity index (χ1n) is 5.76. The van der Waals surface area contributed by atoms with E-state index in [2.05, 4.69) is 5.32 Å². The van der Waals surface area contributed by atoms with Gasteiger partial charge in [-0.05, 0) is 0 Å². The number of rotatable bonds is 1. The van der Waals surface area contributed by atoms with E-state index in [1.807, 2.05) is 0 Å². The van der Waals surface area contributed by atoms with Crippen molar-refractivity contribution in [3.63, 3.8) is 0 Å². The minimum atomic E-state index is -1.05. The van der Waals surface area contributed by atoms with Crippen LogP contribution in [-0.2, 0) is 4.79 Å². The summed E-state index contributed by atoms with van der Waals surface area (Å²) in [5.41, 5.74) is 0. The molecule has 0 saturated carbocycles. The van der Waals surface area contributed by atoms with Gasteiger partial charge in [0.1, 0.15) is 6.04 Å². The quantitative estimate of drug-likeness (QED) is 0.523. The molecule has 2 amide bonds. The molecule has 2 saturated heterocycles. The summed E-state index contributed by atoms with van der Waals surface area (Å²) in [5, 5.41) is 21.6. The van der Waals surface area contributed by atoms with Crippen molar-refractivity contribution < 1.29 is 19.8 Å². The average Bonchev–Trinajstić information content (AvgIpc) is 2.72. The molecule has 0 spiro atoms. The molecule has 17 heavy (non-hydrogen) atoms. The van der Waals surface area contributed by atoms with E-state index in [9.17, 15) is 14.7 Å². The van der Waals surface area contributed by atoms with Crippen molar-refractivity contribution in [3.05, 3.63) is 0 Å². The maximum absolute atomic E-state index is 12.1. The van der Waals surface area contributed by atoms with Gasteiger partial charge in [0, 0.05) is 39.1 Å². The minimum Gasteiger partial charge on any atom is -0.480 e. The van der Waals surface area contributed by atoms with Gasteiger partial charge >= 0.3 is 12.0 Å². The average molecular weight is 243 g/mol. The molecule has 2 fully saturated rings. The lowest BCUT2D eigenvalue weighted by Gasteiger charge is -2.32. The van der Waals surface area contributed by atoms with Crippen LogP contribution in [0.2, 0.25) is 0 Å². The summed E-state index contributed by atoms with van der Waals surface area (Å²) in [6.07, 6.45) is -0.615. The summed E-state index contributed by atoms with van der Waals surface area (Å²) in [5.74, 6) is -1.05. The van der Waals surface area contributed by atoms with Gasteiger partial charge in [-0.15, -0.1) is 0 Å². The third kappa shape index (κ3) is 2.50. The van der Waals surface area contributed by atoms with Crippen LogP contribution in [0.25, 0.3) is 0 Å². The molecule has 2 aliphatic rings. The highest BCUT2D eigenvalue weighted by atomic mass is 16.4. The summed E-state index contributed by atoms with van der Waals surface area (Å²) in [6, 6.07) is -1.18. The van der Waals surface area contributed by atoms with E-state index in [0.29, 0.717) is 13.1 Å². The number of hydrogen-bond acceptors (Lipinski definition) is 4. The number of likely N-dealkylation sites (tertiary alicyclic amines) is 1. The first-order valence-corrected chi connectivity index (χ1v) is 5.76. The number of carboxylic acids is 1. The van der Waals surface area contributed by atoms with Gasteiger partial charge in [-0.1, -0.05) is 0 Å². The zero-order chi connectivity index (χ0) is 12.4. The van der Waals surface area contributed by atoms with E-state index in [1.54, 1.807) is 4.90 Å². The summed E-state index contributed by atoms with van der Waals surface area (Å²) >= 11 is 0. The fraction of sp³-hybridized carbons (Fsp3) is 0.800. The number of hydrogen-bond donors (Lipinski definition) is 3. The van der Waals surface area contributed by atoms with Crippen LogP contribution in [0.3, 0.4) is 0 Å². The summed E-state index contributed by atoms with van der Waals surface area (Å²) in [4.78, 5) is 26.0. The second kappa shape index (κ2) is 4.89. The molecule has 0 aromatic heterocycles. The van der Waals surface area contributed by atoms with E-state index in [0.717, 1.165) is 13.1 Å². The van der Waals surface area contributed by atoms with Gasteiger partial charge < -0.3 is 25.3 Å². The normalized spacial score (nSPS) is 29.5. The zero-order valence-corrected chi connectivity index (χ0v) is 9.50. The van der Waals surface area contributed by atoms with Crippen LogP contribution < -0.4 is 5.32 Å². The fourth-order valence-electron chi connectivity index (χ4n) is 2.30. The molecule has 2 unspecified atom stereocenters. The minimum absolute atomic E-state index is 0.111. The standard InChI is InChI=1S/C10H17N3O4/c14-7-5-8(9(15)16)13(6-7)10(17)12-3-1-11-2-4-12/h7-8,11,14H,1-6H2,(H,15,16). The molecule has 0 aromatic carbocycles. The first kappa shape index (κ1) is 12.1. The molecule has 2 atom stereocenters. The third-order valence-corrected chi connectivity index (χ3v) is 3.20. The van der Waals surface area contributed by atoms with Crippen molar-refractivity contribution in [2.45, 2.75) is 18.6 Å². The molecule has 2 rings (SSSR count). The van der Waals surface area contributed by atoms with Crippen LogP contribution in [0.1, 0.15) is 6.42 Å². The lowest BCUT2D eigenvalue weighted by atomic mass is 10.2. The molecule has 7 nitrogen and oxygen atoms in total. The van der Waals surface area contributed by atoms with E-state index >= 15 is 0 Å². The van der Waals surface area contributed by atoms with Gasteiger partial charge in [0.05, 0.1) is 6.10 Å². The van der Waals surface area contributed by atoms with Crippen molar-refractivity contribution >= 4 is 12.0 Å². The number of carboxylic acid groups (broad SMARTS) is 1. The topological polar surface area (TPSA) is 93.1 Å². The number of aliphatic hydroxyl groups excluding tert-OH is 1. The highest BCUT2D eigenvalue weighted by Crippen LogP contribution is 2.20. The second-order valence-corrected chi connectivity index (χ2v) is 4.42. The summed E-state index contributed by atoms with van der Waals surface area (Å²) in [6.45, 7) is 2.72. The Morgan fingerprint density at radius 3 is 2.47 bits per heavy atom. The largest absolute Gasteiger partial charge is 0.480 e. The number of aliphatic carboxylic acids is 1. The van der Waals surface area contributed by atoms with E-state index in [4.69, 9.17) is 5.11 Å². The third-order valence-electron chi connectivity index (χ3n) is 3.20. The number of piperazine rings is 1. The number of nitrogens with one attached hydrogen (secondary N) is 1. The number of nitrogens with zero attached hydrogens (tertiary/aromatic N) is 2. The number of urea groups is 1. The number of carbonyl (C=O) groups excluding carboxylic acids is 1. The Morgan fingerprint density at radius 1 is 1.24 bits per heavy atom. The van der Waals surface area contributed by atoms with Crippen LogP contribution >= 0.6 is 0 Å². The van der Waals surface area contributed by atoms with Crippen LogP contribution in [-0.4, -0.2) is 76.9 Å². The molecular formula is C10H17N3O4. The predicted molar refractivity (Wildman–Crippen MR) is 58.6 cm³/mol. The highest BCUT2D eigenvalue weighted by molar-refractivity contribution is 5.83. The Kier molecular flexibility index (Phi) is 3.49.